The number of rotatable bonds is 2. The van der Waals surface area contributed by atoms with Crippen molar-refractivity contribution >= 4 is 39.5 Å². The first-order valence-electron chi connectivity index (χ1n) is 5.51. The number of halogens is 2. The van der Waals surface area contributed by atoms with Crippen molar-refractivity contribution in [3.05, 3.63) is 39.6 Å². The summed E-state index contributed by atoms with van der Waals surface area (Å²) in [4.78, 5) is 5.12. The molecule has 19 heavy (non-hydrogen) atoms. The molecule has 3 aromatic rings. The Morgan fingerprint density at radius 1 is 1.32 bits per heavy atom. The molecule has 0 saturated carbocycles. The van der Waals surface area contributed by atoms with E-state index < -0.39 is 0 Å². The van der Waals surface area contributed by atoms with Crippen LogP contribution in [0.5, 0.6) is 0 Å². The van der Waals surface area contributed by atoms with Gasteiger partial charge >= 0.3 is 0 Å². The largest absolute Gasteiger partial charge is 0.390 e. The molecule has 0 spiro atoms. The lowest BCUT2D eigenvalue weighted by atomic mass is 10.2. The second kappa shape index (κ2) is 4.76. The number of fused-ring (bicyclic) bond motifs is 1. The second-order valence-corrected chi connectivity index (χ2v) is 5.80. The molecule has 0 aliphatic rings. The van der Waals surface area contributed by atoms with E-state index in [9.17, 15) is 5.11 Å². The number of aryl methyl sites for hydroxylation is 1. The van der Waals surface area contributed by atoms with E-state index >= 15 is 0 Å². The van der Waals surface area contributed by atoms with E-state index in [1.165, 1.54) is 11.3 Å². The number of hydrogen-bond donors (Lipinski definition) is 1. The van der Waals surface area contributed by atoms with Gasteiger partial charge in [0.1, 0.15) is 5.01 Å². The summed E-state index contributed by atoms with van der Waals surface area (Å²) in [5, 5.41) is 15.6. The third kappa shape index (κ3) is 2.12. The van der Waals surface area contributed by atoms with E-state index in [0.29, 0.717) is 15.7 Å². The predicted molar refractivity (Wildman–Crippen MR) is 77.0 cm³/mol. The fourth-order valence-electron chi connectivity index (χ4n) is 1.82. The molecule has 3 rings (SSSR count). The van der Waals surface area contributed by atoms with Gasteiger partial charge in [-0.1, -0.05) is 40.6 Å². The van der Waals surface area contributed by atoms with E-state index in [0.717, 1.165) is 21.2 Å². The van der Waals surface area contributed by atoms with Gasteiger partial charge in [0.05, 0.1) is 28.0 Å². The third-order valence-corrected chi connectivity index (χ3v) is 4.51. The molecule has 0 atom stereocenters. The van der Waals surface area contributed by atoms with Crippen molar-refractivity contribution in [2.24, 2.45) is 0 Å². The third-order valence-electron chi connectivity index (χ3n) is 2.81. The Labute approximate surface area is 123 Å². The summed E-state index contributed by atoms with van der Waals surface area (Å²) in [6.45, 7) is 1.77. The lowest BCUT2D eigenvalue weighted by Gasteiger charge is -1.99. The summed E-state index contributed by atoms with van der Waals surface area (Å²) in [5.41, 5.74) is 2.38. The Kier molecular flexibility index (Phi) is 3.22. The second-order valence-electron chi connectivity index (χ2n) is 4.03. The number of aliphatic hydroxyl groups excluding tert-OH is 1. The van der Waals surface area contributed by atoms with Gasteiger partial charge in [0.15, 0.2) is 0 Å². The highest BCUT2D eigenvalue weighted by atomic mass is 35.5. The van der Waals surface area contributed by atoms with E-state index in [-0.39, 0.29) is 6.61 Å². The molecule has 0 fully saturated rings. The van der Waals surface area contributed by atoms with Crippen LogP contribution in [0.2, 0.25) is 10.0 Å². The zero-order chi connectivity index (χ0) is 13.6. The van der Waals surface area contributed by atoms with Gasteiger partial charge in [0, 0.05) is 5.56 Å². The fraction of sp³-hybridized carbons (Fsp3) is 0.167. The van der Waals surface area contributed by atoms with Crippen molar-refractivity contribution in [3.63, 3.8) is 0 Å². The number of hydrogen-bond acceptors (Lipinski definition) is 4. The molecule has 4 nitrogen and oxygen atoms in total. The highest BCUT2D eigenvalue weighted by molar-refractivity contribution is 7.19. The molecule has 0 aliphatic carbocycles. The maximum atomic E-state index is 9.33. The van der Waals surface area contributed by atoms with Crippen molar-refractivity contribution in [2.75, 3.05) is 0 Å². The topological polar surface area (TPSA) is 50.4 Å². The summed E-state index contributed by atoms with van der Waals surface area (Å²) < 4.78 is 1.66. The van der Waals surface area contributed by atoms with Crippen LogP contribution in [0.3, 0.4) is 0 Å². The molecule has 2 aromatic heterocycles. The van der Waals surface area contributed by atoms with Crippen molar-refractivity contribution < 1.29 is 5.11 Å². The van der Waals surface area contributed by atoms with Crippen LogP contribution in [0, 0.1) is 6.92 Å². The van der Waals surface area contributed by atoms with Crippen LogP contribution in [0.15, 0.2) is 18.2 Å². The highest BCUT2D eigenvalue weighted by Gasteiger charge is 2.14. The Morgan fingerprint density at radius 3 is 2.79 bits per heavy atom. The Hall–Kier alpha value is -1.14. The first kappa shape index (κ1) is 12.9. The first-order valence-corrected chi connectivity index (χ1v) is 7.08. The molecule has 0 aliphatic heterocycles. The highest BCUT2D eigenvalue weighted by Crippen LogP contribution is 2.31. The molecule has 7 heteroatoms. The number of benzene rings is 1. The number of imidazole rings is 1. The SMILES string of the molecule is Cc1nc2sc(-c3ccc(Cl)c(Cl)c3)nn2c1CO. The minimum atomic E-state index is -0.0858. The number of aliphatic hydroxyl groups is 1. The van der Waals surface area contributed by atoms with Crippen molar-refractivity contribution in [3.8, 4) is 10.6 Å². The van der Waals surface area contributed by atoms with Gasteiger partial charge in [-0.05, 0) is 19.1 Å². The van der Waals surface area contributed by atoms with Crippen LogP contribution < -0.4 is 0 Å². The van der Waals surface area contributed by atoms with Gasteiger partial charge in [0.25, 0.3) is 0 Å². The zero-order valence-corrected chi connectivity index (χ0v) is 12.2. The van der Waals surface area contributed by atoms with Gasteiger partial charge < -0.3 is 5.11 Å². The average molecular weight is 314 g/mol. The summed E-state index contributed by atoms with van der Waals surface area (Å²) >= 11 is 13.3. The summed E-state index contributed by atoms with van der Waals surface area (Å²) in [5.74, 6) is 0. The van der Waals surface area contributed by atoms with Gasteiger partial charge in [-0.2, -0.15) is 5.10 Å². The molecular formula is C12H9Cl2N3OS. The number of aromatic nitrogens is 3. The summed E-state index contributed by atoms with van der Waals surface area (Å²) in [7, 11) is 0. The Morgan fingerprint density at radius 2 is 2.11 bits per heavy atom. The molecule has 0 radical (unpaired) electrons. The summed E-state index contributed by atoms with van der Waals surface area (Å²) in [6, 6.07) is 5.37. The molecule has 0 saturated heterocycles. The van der Waals surface area contributed by atoms with Crippen molar-refractivity contribution in [2.45, 2.75) is 13.5 Å². The van der Waals surface area contributed by atoms with E-state index in [1.54, 1.807) is 16.6 Å². The average Bonchev–Trinajstić information content (AvgIpc) is 2.89. The summed E-state index contributed by atoms with van der Waals surface area (Å²) in [6.07, 6.45) is 0. The first-order chi connectivity index (χ1) is 9.10. The monoisotopic (exact) mass is 313 g/mol. The van der Waals surface area contributed by atoms with Crippen LogP contribution in [0.4, 0.5) is 0 Å². The number of nitrogens with zero attached hydrogens (tertiary/aromatic N) is 3. The zero-order valence-electron chi connectivity index (χ0n) is 9.89. The molecule has 0 amide bonds. The van der Waals surface area contributed by atoms with Gasteiger partial charge in [0.2, 0.25) is 4.96 Å². The Balaban J connectivity index is 2.15. The van der Waals surface area contributed by atoms with Gasteiger partial charge in [-0.15, -0.1) is 0 Å². The quantitative estimate of drug-likeness (QED) is 0.787. The minimum absolute atomic E-state index is 0.0858. The van der Waals surface area contributed by atoms with Gasteiger partial charge in [-0.25, -0.2) is 9.50 Å². The van der Waals surface area contributed by atoms with Crippen LogP contribution in [-0.2, 0) is 6.61 Å². The van der Waals surface area contributed by atoms with Crippen LogP contribution in [0.1, 0.15) is 11.4 Å². The standard InChI is InChI=1S/C12H9Cl2N3OS/c1-6-10(5-18)17-12(15-6)19-11(16-17)7-2-3-8(13)9(14)4-7/h2-4,18H,5H2,1H3. The normalized spacial score (nSPS) is 11.4. The molecule has 0 bridgehead atoms. The molecule has 1 aromatic carbocycles. The predicted octanol–water partition coefficient (Wildman–Crippen LogP) is 3.57. The maximum Gasteiger partial charge on any atom is 0.213 e. The van der Waals surface area contributed by atoms with Crippen molar-refractivity contribution in [1.82, 2.24) is 14.6 Å². The molecule has 2 heterocycles. The van der Waals surface area contributed by atoms with E-state index in [1.807, 2.05) is 13.0 Å². The van der Waals surface area contributed by atoms with Crippen LogP contribution >= 0.6 is 34.5 Å². The van der Waals surface area contributed by atoms with Crippen LogP contribution in [-0.4, -0.2) is 19.7 Å². The van der Waals surface area contributed by atoms with Gasteiger partial charge in [-0.3, -0.25) is 0 Å². The Bertz CT molecular complexity index is 766. The van der Waals surface area contributed by atoms with Crippen molar-refractivity contribution in [1.29, 1.82) is 0 Å². The molecule has 98 valence electrons. The van der Waals surface area contributed by atoms with E-state index in [4.69, 9.17) is 23.2 Å². The molecular weight excluding hydrogens is 305 g/mol. The molecule has 0 unspecified atom stereocenters. The smallest absolute Gasteiger partial charge is 0.213 e. The minimum Gasteiger partial charge on any atom is -0.390 e. The maximum absolute atomic E-state index is 9.33. The lowest BCUT2D eigenvalue weighted by molar-refractivity contribution is 0.273. The van der Waals surface area contributed by atoms with Crippen LogP contribution in [0.25, 0.3) is 15.5 Å². The fourth-order valence-corrected chi connectivity index (χ4v) is 3.08. The van der Waals surface area contributed by atoms with E-state index in [2.05, 4.69) is 10.1 Å². The molecule has 1 N–H and O–H groups in total. The lowest BCUT2D eigenvalue weighted by Crippen LogP contribution is -1.95.